The van der Waals surface area contributed by atoms with Crippen LogP contribution in [0, 0.1) is 3.57 Å². The van der Waals surface area contributed by atoms with E-state index in [9.17, 15) is 4.79 Å². The highest BCUT2D eigenvalue weighted by Crippen LogP contribution is 2.20. The van der Waals surface area contributed by atoms with Crippen molar-refractivity contribution in [1.29, 1.82) is 0 Å². The monoisotopic (exact) mass is 346 g/mol. The molecule has 1 amide bonds. The molecule has 0 aliphatic carbocycles. The number of rotatable bonds is 2. The number of halogens is 1. The molecule has 0 radical (unpaired) electrons. The molecule has 1 saturated heterocycles. The highest BCUT2D eigenvalue weighted by molar-refractivity contribution is 14.1. The topological polar surface area (TPSA) is 64.4 Å². The lowest BCUT2D eigenvalue weighted by molar-refractivity contribution is -0.124. The number of hydrogen-bond acceptors (Lipinski definition) is 3. The van der Waals surface area contributed by atoms with Crippen LogP contribution in [0.1, 0.15) is 12.8 Å². The Morgan fingerprint density at radius 2 is 2.12 bits per heavy atom. The molecule has 1 aromatic carbocycles. The van der Waals surface area contributed by atoms with E-state index in [1.54, 1.807) is 0 Å². The van der Waals surface area contributed by atoms with Crippen LogP contribution < -0.4 is 11.1 Å². The summed E-state index contributed by atoms with van der Waals surface area (Å²) in [5.74, 6) is -0.122. The zero-order valence-corrected chi connectivity index (χ0v) is 11.6. The first-order valence-corrected chi connectivity index (χ1v) is 6.62. The highest BCUT2D eigenvalue weighted by atomic mass is 127. The Morgan fingerprint density at radius 3 is 2.76 bits per heavy atom. The first-order valence-electron chi connectivity index (χ1n) is 5.54. The minimum atomic E-state index is -0.792. The SMILES string of the molecule is NC1(C(=O)Nc2cccc(I)c2)CCOCC1. The van der Waals surface area contributed by atoms with Gasteiger partial charge in [0.1, 0.15) is 5.54 Å². The zero-order valence-electron chi connectivity index (χ0n) is 9.41. The molecule has 0 bridgehead atoms. The lowest BCUT2D eigenvalue weighted by Crippen LogP contribution is -2.54. The third-order valence-corrected chi connectivity index (χ3v) is 3.59. The van der Waals surface area contributed by atoms with Gasteiger partial charge in [-0.3, -0.25) is 4.79 Å². The van der Waals surface area contributed by atoms with E-state index in [0.717, 1.165) is 9.26 Å². The van der Waals surface area contributed by atoms with E-state index in [1.807, 2.05) is 24.3 Å². The van der Waals surface area contributed by atoms with Gasteiger partial charge < -0.3 is 15.8 Å². The van der Waals surface area contributed by atoms with Gasteiger partial charge in [-0.1, -0.05) is 6.07 Å². The molecule has 1 aliphatic rings. The van der Waals surface area contributed by atoms with Crippen LogP contribution in [0.2, 0.25) is 0 Å². The van der Waals surface area contributed by atoms with Crippen molar-refractivity contribution in [3.05, 3.63) is 27.8 Å². The molecule has 17 heavy (non-hydrogen) atoms. The average Bonchev–Trinajstić information content (AvgIpc) is 2.30. The van der Waals surface area contributed by atoms with Crippen LogP contribution >= 0.6 is 22.6 Å². The fourth-order valence-corrected chi connectivity index (χ4v) is 2.33. The molecule has 0 aromatic heterocycles. The minimum absolute atomic E-state index is 0.122. The molecule has 1 aromatic rings. The molecular formula is C12H15IN2O2. The van der Waals surface area contributed by atoms with E-state index in [4.69, 9.17) is 10.5 Å². The Balaban J connectivity index is 2.05. The molecule has 5 heteroatoms. The maximum absolute atomic E-state index is 12.1. The lowest BCUT2D eigenvalue weighted by atomic mass is 9.90. The van der Waals surface area contributed by atoms with Crippen LogP contribution in [0.3, 0.4) is 0 Å². The van der Waals surface area contributed by atoms with E-state index >= 15 is 0 Å². The van der Waals surface area contributed by atoms with Crippen molar-refractivity contribution in [3.63, 3.8) is 0 Å². The molecule has 92 valence electrons. The van der Waals surface area contributed by atoms with Gasteiger partial charge in [-0.05, 0) is 53.6 Å². The summed E-state index contributed by atoms with van der Waals surface area (Å²) in [5, 5.41) is 2.87. The zero-order chi connectivity index (χ0) is 12.3. The number of carbonyl (C=O) groups excluding carboxylic acids is 1. The summed E-state index contributed by atoms with van der Waals surface area (Å²) in [6.07, 6.45) is 1.14. The molecular weight excluding hydrogens is 331 g/mol. The van der Waals surface area contributed by atoms with Gasteiger partial charge in [-0.15, -0.1) is 0 Å². The summed E-state index contributed by atoms with van der Waals surface area (Å²) >= 11 is 2.21. The Bertz CT molecular complexity index is 417. The Morgan fingerprint density at radius 1 is 1.41 bits per heavy atom. The fourth-order valence-electron chi connectivity index (χ4n) is 1.78. The molecule has 1 heterocycles. The number of hydrogen-bond donors (Lipinski definition) is 2. The lowest BCUT2D eigenvalue weighted by Gasteiger charge is -2.31. The smallest absolute Gasteiger partial charge is 0.244 e. The van der Waals surface area contributed by atoms with Crippen LogP contribution in [-0.4, -0.2) is 24.7 Å². The number of ether oxygens (including phenoxy) is 1. The summed E-state index contributed by atoms with van der Waals surface area (Å²) in [4.78, 5) is 12.1. The summed E-state index contributed by atoms with van der Waals surface area (Å²) in [6, 6.07) is 7.66. The number of carbonyl (C=O) groups is 1. The molecule has 0 atom stereocenters. The number of anilines is 1. The number of nitrogens with two attached hydrogens (primary N) is 1. The largest absolute Gasteiger partial charge is 0.381 e. The molecule has 0 saturated carbocycles. The third kappa shape index (κ3) is 3.17. The quantitative estimate of drug-likeness (QED) is 0.802. The van der Waals surface area contributed by atoms with Gasteiger partial charge in [0.05, 0.1) is 0 Å². The van der Waals surface area contributed by atoms with Crippen molar-refractivity contribution >= 4 is 34.2 Å². The molecule has 2 rings (SSSR count). The Kier molecular flexibility index (Phi) is 4.01. The summed E-state index contributed by atoms with van der Waals surface area (Å²) in [7, 11) is 0. The first-order chi connectivity index (χ1) is 8.10. The second-order valence-corrected chi connectivity index (χ2v) is 5.48. The van der Waals surface area contributed by atoms with Crippen LogP contribution in [0.25, 0.3) is 0 Å². The standard InChI is InChI=1S/C12H15IN2O2/c13-9-2-1-3-10(8-9)15-11(16)12(14)4-6-17-7-5-12/h1-3,8H,4-7,14H2,(H,15,16). The van der Waals surface area contributed by atoms with Crippen LogP contribution in [0.15, 0.2) is 24.3 Å². The van der Waals surface area contributed by atoms with Gasteiger partial charge in [0.15, 0.2) is 0 Å². The maximum atomic E-state index is 12.1. The predicted octanol–water partition coefficient (Wildman–Crippen LogP) is 1.74. The van der Waals surface area contributed by atoms with Crippen molar-refractivity contribution in [2.24, 2.45) is 5.73 Å². The van der Waals surface area contributed by atoms with Crippen molar-refractivity contribution in [3.8, 4) is 0 Å². The normalized spacial score (nSPS) is 18.7. The van der Waals surface area contributed by atoms with E-state index in [-0.39, 0.29) is 5.91 Å². The van der Waals surface area contributed by atoms with Crippen molar-refractivity contribution in [2.45, 2.75) is 18.4 Å². The van der Waals surface area contributed by atoms with Gasteiger partial charge in [0.2, 0.25) is 5.91 Å². The van der Waals surface area contributed by atoms with Crippen molar-refractivity contribution in [2.75, 3.05) is 18.5 Å². The maximum Gasteiger partial charge on any atom is 0.244 e. The van der Waals surface area contributed by atoms with E-state index in [1.165, 1.54) is 0 Å². The van der Waals surface area contributed by atoms with E-state index < -0.39 is 5.54 Å². The van der Waals surface area contributed by atoms with E-state index in [0.29, 0.717) is 26.1 Å². The third-order valence-electron chi connectivity index (χ3n) is 2.92. The molecule has 1 aliphatic heterocycles. The second kappa shape index (κ2) is 5.32. The fraction of sp³-hybridized carbons (Fsp3) is 0.417. The van der Waals surface area contributed by atoms with Crippen molar-refractivity contribution < 1.29 is 9.53 Å². The Labute approximate surface area is 114 Å². The molecule has 4 nitrogen and oxygen atoms in total. The molecule has 3 N–H and O–H groups in total. The van der Waals surface area contributed by atoms with Crippen LogP contribution in [0.5, 0.6) is 0 Å². The second-order valence-electron chi connectivity index (χ2n) is 4.23. The van der Waals surface area contributed by atoms with Crippen LogP contribution in [0.4, 0.5) is 5.69 Å². The Hall–Kier alpha value is -0.660. The summed E-state index contributed by atoms with van der Waals surface area (Å²) in [6.45, 7) is 1.10. The van der Waals surface area contributed by atoms with E-state index in [2.05, 4.69) is 27.9 Å². The number of benzene rings is 1. The van der Waals surface area contributed by atoms with Gasteiger partial charge in [0, 0.05) is 22.5 Å². The molecule has 1 fully saturated rings. The number of amides is 1. The molecule has 0 spiro atoms. The molecule has 0 unspecified atom stereocenters. The minimum Gasteiger partial charge on any atom is -0.381 e. The predicted molar refractivity (Wildman–Crippen MR) is 74.8 cm³/mol. The average molecular weight is 346 g/mol. The summed E-state index contributed by atoms with van der Waals surface area (Å²) < 4.78 is 6.31. The van der Waals surface area contributed by atoms with Gasteiger partial charge in [-0.2, -0.15) is 0 Å². The van der Waals surface area contributed by atoms with Gasteiger partial charge >= 0.3 is 0 Å². The van der Waals surface area contributed by atoms with Gasteiger partial charge in [0.25, 0.3) is 0 Å². The number of nitrogens with one attached hydrogen (secondary N) is 1. The van der Waals surface area contributed by atoms with Crippen molar-refractivity contribution in [1.82, 2.24) is 0 Å². The summed E-state index contributed by atoms with van der Waals surface area (Å²) in [5.41, 5.74) is 6.09. The van der Waals surface area contributed by atoms with Gasteiger partial charge in [-0.25, -0.2) is 0 Å². The highest BCUT2D eigenvalue weighted by Gasteiger charge is 2.35. The van der Waals surface area contributed by atoms with Crippen LogP contribution in [-0.2, 0) is 9.53 Å². The first kappa shape index (κ1) is 12.8.